The summed E-state index contributed by atoms with van der Waals surface area (Å²) in [6.07, 6.45) is 0. The molecule has 0 radical (unpaired) electrons. The number of aryl methyl sites for hydroxylation is 1. The average molecular weight is 413 g/mol. The van der Waals surface area contributed by atoms with Gasteiger partial charge in [-0.25, -0.2) is 0 Å². The average Bonchev–Trinajstić information content (AvgIpc) is 2.77. The molecule has 0 aliphatic rings. The molecule has 0 saturated heterocycles. The number of nitrogens with zero attached hydrogens (tertiary/aromatic N) is 4. The molecule has 3 aromatic carbocycles. The molecule has 0 bridgehead atoms. The fourth-order valence-electron chi connectivity index (χ4n) is 2.88. The van der Waals surface area contributed by atoms with E-state index in [9.17, 15) is 5.11 Å². The fraction of sp³-hybridized carbons (Fsp3) is 0.0870. The monoisotopic (exact) mass is 413 g/mol. The van der Waals surface area contributed by atoms with E-state index < -0.39 is 0 Å². The van der Waals surface area contributed by atoms with Crippen LogP contribution < -0.4 is 21.3 Å². The Kier molecular flexibility index (Phi) is 5.53. The summed E-state index contributed by atoms with van der Waals surface area (Å²) in [6, 6.07) is 22.1. The molecule has 0 aliphatic heterocycles. The normalized spacial score (nSPS) is 10.5. The van der Waals surface area contributed by atoms with Crippen LogP contribution in [-0.4, -0.2) is 27.1 Å². The molecule has 8 nitrogen and oxygen atoms in total. The number of nitrogens with two attached hydrogens (primary N) is 1. The summed E-state index contributed by atoms with van der Waals surface area (Å²) in [6.45, 7) is 2.03. The lowest BCUT2D eigenvalue weighted by Gasteiger charge is -2.19. The lowest BCUT2D eigenvalue weighted by molar-refractivity contribution is 0.475. The molecule has 0 amide bonds. The Hall–Kier alpha value is -4.33. The van der Waals surface area contributed by atoms with E-state index >= 15 is 0 Å². The molecule has 4 aromatic rings. The van der Waals surface area contributed by atoms with Crippen LogP contribution in [0.4, 0.5) is 40.6 Å². The summed E-state index contributed by atoms with van der Waals surface area (Å²) >= 11 is 0. The SMILES string of the molecule is Cc1ccc(Nc2nc(Nc3ccc(N)cc3)nc(N(C)c3ccc(O)cc3)n2)cc1. The topological polar surface area (TPSA) is 112 Å². The molecule has 5 N–H and O–H groups in total. The highest BCUT2D eigenvalue weighted by molar-refractivity contribution is 5.64. The Morgan fingerprint density at radius 3 is 1.81 bits per heavy atom. The highest BCUT2D eigenvalue weighted by Crippen LogP contribution is 2.26. The zero-order valence-corrected chi connectivity index (χ0v) is 17.2. The first-order valence-corrected chi connectivity index (χ1v) is 9.71. The van der Waals surface area contributed by atoms with Gasteiger partial charge in [0.15, 0.2) is 0 Å². The summed E-state index contributed by atoms with van der Waals surface area (Å²) < 4.78 is 0. The molecule has 1 heterocycles. The molecule has 156 valence electrons. The molecule has 0 aliphatic carbocycles. The quantitative estimate of drug-likeness (QED) is 0.336. The van der Waals surface area contributed by atoms with Gasteiger partial charge in [0, 0.05) is 29.8 Å². The zero-order chi connectivity index (χ0) is 21.8. The third kappa shape index (κ3) is 4.99. The molecule has 0 spiro atoms. The second-order valence-corrected chi connectivity index (χ2v) is 7.10. The number of nitrogen functional groups attached to an aromatic ring is 1. The van der Waals surface area contributed by atoms with E-state index in [1.165, 1.54) is 5.56 Å². The number of rotatable bonds is 6. The Morgan fingerprint density at radius 2 is 1.26 bits per heavy atom. The highest BCUT2D eigenvalue weighted by atomic mass is 16.3. The first-order valence-electron chi connectivity index (χ1n) is 9.71. The van der Waals surface area contributed by atoms with Crippen LogP contribution >= 0.6 is 0 Å². The van der Waals surface area contributed by atoms with Crippen molar-refractivity contribution in [3.05, 3.63) is 78.4 Å². The maximum absolute atomic E-state index is 9.58. The van der Waals surface area contributed by atoms with Crippen LogP contribution in [0, 0.1) is 6.92 Å². The third-order valence-corrected chi connectivity index (χ3v) is 4.64. The summed E-state index contributed by atoms with van der Waals surface area (Å²) in [5, 5.41) is 16.0. The number of phenolic OH excluding ortho intramolecular Hbond substituents is 1. The third-order valence-electron chi connectivity index (χ3n) is 4.64. The predicted octanol–water partition coefficient (Wildman–Crippen LogP) is 4.72. The second kappa shape index (κ2) is 8.58. The van der Waals surface area contributed by atoms with Crippen LogP contribution in [0.1, 0.15) is 5.56 Å². The Labute approximate surface area is 180 Å². The van der Waals surface area contributed by atoms with Crippen LogP contribution in [-0.2, 0) is 0 Å². The first-order chi connectivity index (χ1) is 15.0. The number of benzene rings is 3. The number of aromatic hydroxyl groups is 1. The van der Waals surface area contributed by atoms with Gasteiger partial charge in [-0.15, -0.1) is 0 Å². The van der Waals surface area contributed by atoms with Gasteiger partial charge < -0.3 is 26.4 Å². The molecule has 1 aromatic heterocycles. The number of phenols is 1. The van der Waals surface area contributed by atoms with Gasteiger partial charge in [0.25, 0.3) is 0 Å². The van der Waals surface area contributed by atoms with Crippen LogP contribution in [0.25, 0.3) is 0 Å². The van der Waals surface area contributed by atoms with Crippen LogP contribution in [0.15, 0.2) is 72.8 Å². The summed E-state index contributed by atoms with van der Waals surface area (Å²) in [5.41, 5.74) is 10.1. The van der Waals surface area contributed by atoms with E-state index in [0.717, 1.165) is 17.1 Å². The van der Waals surface area contributed by atoms with Crippen molar-refractivity contribution < 1.29 is 5.11 Å². The van der Waals surface area contributed by atoms with E-state index in [2.05, 4.69) is 25.6 Å². The van der Waals surface area contributed by atoms with Crippen molar-refractivity contribution in [3.8, 4) is 5.75 Å². The van der Waals surface area contributed by atoms with Gasteiger partial charge >= 0.3 is 0 Å². The van der Waals surface area contributed by atoms with E-state index in [-0.39, 0.29) is 5.75 Å². The second-order valence-electron chi connectivity index (χ2n) is 7.10. The van der Waals surface area contributed by atoms with Gasteiger partial charge in [-0.1, -0.05) is 17.7 Å². The lowest BCUT2D eigenvalue weighted by Crippen LogP contribution is -2.16. The van der Waals surface area contributed by atoms with Crippen molar-refractivity contribution in [3.63, 3.8) is 0 Å². The zero-order valence-electron chi connectivity index (χ0n) is 17.2. The minimum Gasteiger partial charge on any atom is -0.508 e. The maximum Gasteiger partial charge on any atom is 0.236 e. The number of hydrogen-bond acceptors (Lipinski definition) is 8. The standard InChI is InChI=1S/C23H23N7O/c1-15-3-7-17(8-4-15)25-21-27-22(26-18-9-5-16(24)6-10-18)29-23(28-21)30(2)19-11-13-20(31)14-12-19/h3-14,31H,24H2,1-2H3,(H2,25,26,27,28,29). The highest BCUT2D eigenvalue weighted by Gasteiger charge is 2.13. The fourth-order valence-corrected chi connectivity index (χ4v) is 2.88. The van der Waals surface area contributed by atoms with Crippen LogP contribution in [0.3, 0.4) is 0 Å². The van der Waals surface area contributed by atoms with Crippen molar-refractivity contribution >= 4 is 40.6 Å². The van der Waals surface area contributed by atoms with Gasteiger partial charge in [-0.2, -0.15) is 15.0 Å². The molecule has 0 atom stereocenters. The van der Waals surface area contributed by atoms with E-state index in [1.54, 1.807) is 36.4 Å². The van der Waals surface area contributed by atoms with E-state index in [1.807, 2.05) is 55.3 Å². The van der Waals surface area contributed by atoms with Crippen molar-refractivity contribution in [2.75, 3.05) is 28.3 Å². The molecule has 0 unspecified atom stereocenters. The molecule has 4 rings (SSSR count). The maximum atomic E-state index is 9.58. The number of anilines is 7. The summed E-state index contributed by atoms with van der Waals surface area (Å²) in [7, 11) is 1.85. The molecular weight excluding hydrogens is 390 g/mol. The molecule has 31 heavy (non-hydrogen) atoms. The Balaban J connectivity index is 1.69. The van der Waals surface area contributed by atoms with Crippen molar-refractivity contribution in [1.82, 2.24) is 15.0 Å². The van der Waals surface area contributed by atoms with E-state index in [4.69, 9.17) is 5.73 Å². The number of nitrogens with one attached hydrogen (secondary N) is 2. The smallest absolute Gasteiger partial charge is 0.236 e. The van der Waals surface area contributed by atoms with Crippen LogP contribution in [0.2, 0.25) is 0 Å². The lowest BCUT2D eigenvalue weighted by atomic mass is 10.2. The minimum atomic E-state index is 0.195. The van der Waals surface area contributed by atoms with Gasteiger partial charge in [-0.05, 0) is 67.6 Å². The molecular formula is C23H23N7O. The van der Waals surface area contributed by atoms with Crippen molar-refractivity contribution in [1.29, 1.82) is 0 Å². The summed E-state index contributed by atoms with van der Waals surface area (Å²) in [4.78, 5) is 15.5. The predicted molar refractivity (Wildman–Crippen MR) is 125 cm³/mol. The number of hydrogen-bond donors (Lipinski definition) is 4. The van der Waals surface area contributed by atoms with Gasteiger partial charge in [0.2, 0.25) is 17.8 Å². The van der Waals surface area contributed by atoms with Gasteiger partial charge in [0.1, 0.15) is 5.75 Å². The van der Waals surface area contributed by atoms with Crippen molar-refractivity contribution in [2.45, 2.75) is 6.92 Å². The van der Waals surface area contributed by atoms with Gasteiger partial charge in [0.05, 0.1) is 0 Å². The van der Waals surface area contributed by atoms with E-state index in [0.29, 0.717) is 23.5 Å². The first kappa shape index (κ1) is 20.0. The number of aromatic nitrogens is 3. The van der Waals surface area contributed by atoms with Gasteiger partial charge in [-0.3, -0.25) is 0 Å². The van der Waals surface area contributed by atoms with Crippen LogP contribution in [0.5, 0.6) is 5.75 Å². The minimum absolute atomic E-state index is 0.195. The Morgan fingerprint density at radius 1 is 0.742 bits per heavy atom. The van der Waals surface area contributed by atoms with Crippen molar-refractivity contribution in [2.24, 2.45) is 0 Å². The molecule has 0 saturated carbocycles. The molecule has 8 heteroatoms. The molecule has 0 fully saturated rings. The largest absolute Gasteiger partial charge is 0.508 e. The Bertz CT molecular complexity index is 1090. The summed E-state index contributed by atoms with van der Waals surface area (Å²) in [5.74, 6) is 1.42.